The van der Waals surface area contributed by atoms with Crippen molar-refractivity contribution in [3.8, 4) is 0 Å². The van der Waals surface area contributed by atoms with E-state index >= 15 is 0 Å². The molecular weight excluding hydrogens is 268 g/mol. The van der Waals surface area contributed by atoms with Gasteiger partial charge >= 0.3 is 0 Å². The molecule has 0 aliphatic heterocycles. The van der Waals surface area contributed by atoms with Crippen LogP contribution < -0.4 is 5.14 Å². The molecule has 0 spiro atoms. The predicted octanol–water partition coefficient (Wildman–Crippen LogP) is 3.96. The number of nitrogens with two attached hydrogens (primary N) is 1. The van der Waals surface area contributed by atoms with Crippen molar-refractivity contribution in [3.05, 3.63) is 65.6 Å². The van der Waals surface area contributed by atoms with E-state index in [1.807, 2.05) is 12.1 Å². The van der Waals surface area contributed by atoms with Crippen LogP contribution in [0.4, 0.5) is 0 Å². The average Bonchev–Trinajstić information content (AvgIpc) is 2.90. The van der Waals surface area contributed by atoms with E-state index in [9.17, 15) is 0 Å². The Kier molecular flexibility index (Phi) is 4.25. The second-order valence-electron chi connectivity index (χ2n) is 3.47. The first kappa shape index (κ1) is 13.0. The van der Waals surface area contributed by atoms with E-state index in [0.29, 0.717) is 21.5 Å². The molecule has 2 rings (SSSR count). The van der Waals surface area contributed by atoms with E-state index in [0.717, 1.165) is 17.5 Å². The maximum absolute atomic E-state index is 5.83. The highest BCUT2D eigenvalue weighted by molar-refractivity contribution is 8.12. The summed E-state index contributed by atoms with van der Waals surface area (Å²) in [7, 11) is 0. The summed E-state index contributed by atoms with van der Waals surface area (Å²) in [4.78, 5) is 4.36. The number of halogens is 1. The van der Waals surface area contributed by atoms with Gasteiger partial charge in [0.25, 0.3) is 0 Å². The Balaban J connectivity index is 2.26. The molecule has 0 aliphatic carbocycles. The molecule has 1 heterocycles. The number of benzene rings is 1. The smallest absolute Gasteiger partial charge is 0.160 e. The fourth-order valence-corrected chi connectivity index (χ4v) is 1.89. The molecule has 0 atom stereocenters. The second kappa shape index (κ2) is 5.91. The van der Waals surface area contributed by atoms with Crippen LogP contribution in [-0.2, 0) is 0 Å². The zero-order chi connectivity index (χ0) is 13.0. The van der Waals surface area contributed by atoms with Gasteiger partial charge in [-0.15, -0.1) is 0 Å². The standard InChI is InChI=1S/C13H11ClN2OS/c1-9(10-4-6-11(14)7-5-10)16-13(18-15)12-3-2-8-17-12/h2-8H,1,15H2. The number of rotatable bonds is 3. The molecule has 0 radical (unpaired) electrons. The topological polar surface area (TPSA) is 51.5 Å². The van der Waals surface area contributed by atoms with Gasteiger partial charge in [-0.1, -0.05) is 30.3 Å². The minimum atomic E-state index is 0.583. The molecule has 2 aromatic rings. The third-order valence-corrected chi connectivity index (χ3v) is 3.03. The molecule has 1 aromatic carbocycles. The van der Waals surface area contributed by atoms with E-state index in [2.05, 4.69) is 11.6 Å². The van der Waals surface area contributed by atoms with E-state index < -0.39 is 0 Å². The molecular formula is C13H11ClN2OS. The van der Waals surface area contributed by atoms with Crippen LogP contribution in [-0.4, -0.2) is 5.04 Å². The molecule has 0 fully saturated rings. The van der Waals surface area contributed by atoms with Crippen LogP contribution in [0.1, 0.15) is 11.3 Å². The molecule has 0 bridgehead atoms. The minimum absolute atomic E-state index is 0.583. The van der Waals surface area contributed by atoms with Gasteiger partial charge in [0.2, 0.25) is 0 Å². The molecule has 3 nitrogen and oxygen atoms in total. The molecule has 92 valence electrons. The lowest BCUT2D eigenvalue weighted by Gasteiger charge is -2.03. The predicted molar refractivity (Wildman–Crippen MR) is 77.5 cm³/mol. The van der Waals surface area contributed by atoms with Crippen LogP contribution in [0.2, 0.25) is 5.02 Å². The maximum Gasteiger partial charge on any atom is 0.160 e. The lowest BCUT2D eigenvalue weighted by atomic mass is 10.2. The summed E-state index contributed by atoms with van der Waals surface area (Å²) in [6.07, 6.45) is 1.58. The molecule has 0 saturated heterocycles. The van der Waals surface area contributed by atoms with Gasteiger partial charge in [-0.2, -0.15) is 0 Å². The monoisotopic (exact) mass is 278 g/mol. The molecule has 0 unspecified atom stereocenters. The highest BCUT2D eigenvalue weighted by Gasteiger charge is 2.07. The van der Waals surface area contributed by atoms with Crippen molar-refractivity contribution in [1.29, 1.82) is 0 Å². The van der Waals surface area contributed by atoms with E-state index in [4.69, 9.17) is 21.2 Å². The fraction of sp³-hybridized carbons (Fsp3) is 0. The summed E-state index contributed by atoms with van der Waals surface area (Å²) in [6, 6.07) is 10.9. The quantitative estimate of drug-likeness (QED) is 0.525. The molecule has 1 aromatic heterocycles. The highest BCUT2D eigenvalue weighted by Crippen LogP contribution is 2.20. The first-order chi connectivity index (χ1) is 8.70. The Morgan fingerprint density at radius 1 is 1.28 bits per heavy atom. The summed E-state index contributed by atoms with van der Waals surface area (Å²) >= 11 is 6.85. The van der Waals surface area contributed by atoms with Crippen molar-refractivity contribution < 1.29 is 4.42 Å². The number of nitrogens with zero attached hydrogens (tertiary/aromatic N) is 1. The maximum atomic E-state index is 5.83. The van der Waals surface area contributed by atoms with Gasteiger partial charge in [-0.05, 0) is 41.8 Å². The lowest BCUT2D eigenvalue weighted by Crippen LogP contribution is -1.98. The summed E-state index contributed by atoms with van der Waals surface area (Å²) in [5, 5.41) is 6.84. The Morgan fingerprint density at radius 2 is 2.00 bits per heavy atom. The van der Waals surface area contributed by atoms with E-state index in [-0.39, 0.29) is 0 Å². The van der Waals surface area contributed by atoms with E-state index in [1.165, 1.54) is 0 Å². The Labute approximate surface area is 114 Å². The molecule has 18 heavy (non-hydrogen) atoms. The van der Waals surface area contributed by atoms with Crippen molar-refractivity contribution in [2.24, 2.45) is 10.1 Å². The van der Waals surface area contributed by atoms with Gasteiger partial charge in [0, 0.05) is 5.02 Å². The van der Waals surface area contributed by atoms with Gasteiger partial charge in [0.1, 0.15) is 0 Å². The van der Waals surface area contributed by atoms with Crippen LogP contribution in [0.25, 0.3) is 5.70 Å². The zero-order valence-electron chi connectivity index (χ0n) is 9.47. The summed E-state index contributed by atoms with van der Waals surface area (Å²) < 4.78 is 5.25. The van der Waals surface area contributed by atoms with Crippen LogP contribution in [0.5, 0.6) is 0 Å². The average molecular weight is 279 g/mol. The largest absolute Gasteiger partial charge is 0.462 e. The van der Waals surface area contributed by atoms with Crippen LogP contribution >= 0.6 is 23.5 Å². The second-order valence-corrected chi connectivity index (χ2v) is 4.52. The Bertz CT molecular complexity index is 561. The van der Waals surface area contributed by atoms with Gasteiger partial charge in [-0.25, -0.2) is 4.99 Å². The zero-order valence-corrected chi connectivity index (χ0v) is 11.0. The highest BCUT2D eigenvalue weighted by atomic mass is 35.5. The number of furan rings is 1. The van der Waals surface area contributed by atoms with Crippen LogP contribution in [0.15, 0.2) is 58.6 Å². The van der Waals surface area contributed by atoms with Gasteiger partial charge in [0.05, 0.1) is 12.0 Å². The van der Waals surface area contributed by atoms with Crippen molar-refractivity contribution in [1.82, 2.24) is 0 Å². The molecule has 0 aliphatic rings. The number of hydrogen-bond donors (Lipinski definition) is 1. The van der Waals surface area contributed by atoms with Gasteiger partial charge < -0.3 is 4.42 Å². The van der Waals surface area contributed by atoms with Crippen molar-refractivity contribution >= 4 is 34.3 Å². The van der Waals surface area contributed by atoms with Crippen molar-refractivity contribution in [2.45, 2.75) is 0 Å². The van der Waals surface area contributed by atoms with Gasteiger partial charge in [0.15, 0.2) is 10.8 Å². The Morgan fingerprint density at radius 3 is 2.56 bits per heavy atom. The van der Waals surface area contributed by atoms with E-state index in [1.54, 1.807) is 30.5 Å². The number of aliphatic imine (C=N–C) groups is 1. The third kappa shape index (κ3) is 3.04. The summed E-state index contributed by atoms with van der Waals surface area (Å²) in [5.41, 5.74) is 1.49. The molecule has 0 amide bonds. The first-order valence-electron chi connectivity index (χ1n) is 5.15. The molecule has 0 saturated carbocycles. The lowest BCUT2D eigenvalue weighted by molar-refractivity contribution is 0.559. The first-order valence-corrected chi connectivity index (χ1v) is 6.40. The summed E-state index contributed by atoms with van der Waals surface area (Å²) in [6.45, 7) is 3.91. The molecule has 5 heteroatoms. The van der Waals surface area contributed by atoms with Crippen molar-refractivity contribution in [3.63, 3.8) is 0 Å². The third-order valence-electron chi connectivity index (χ3n) is 2.26. The number of hydrogen-bond acceptors (Lipinski definition) is 4. The normalized spacial score (nSPS) is 11.6. The van der Waals surface area contributed by atoms with Crippen LogP contribution in [0.3, 0.4) is 0 Å². The minimum Gasteiger partial charge on any atom is -0.462 e. The summed E-state index contributed by atoms with van der Waals surface area (Å²) in [5.74, 6) is 0.623. The van der Waals surface area contributed by atoms with Gasteiger partial charge in [-0.3, -0.25) is 5.14 Å². The fourth-order valence-electron chi connectivity index (χ4n) is 1.37. The van der Waals surface area contributed by atoms with Crippen LogP contribution in [0, 0.1) is 0 Å². The Hall–Kier alpha value is -1.49. The molecule has 2 N–H and O–H groups in total. The SMILES string of the molecule is C=C(N=C(SN)c1ccco1)c1ccc(Cl)cc1. The van der Waals surface area contributed by atoms with Crippen molar-refractivity contribution in [2.75, 3.05) is 0 Å².